The zero-order chi connectivity index (χ0) is 14.7. The standard InChI is InChI=1S/C18H24N2O/c1-2-18(21)19-13-16-10-11-17(14-19)20(16)12-6-9-15-7-4-3-5-8-15/h3-9,16-17H,2,10-14H2,1H3/b9-6+/t16-,17+. The molecule has 2 bridgehead atoms. The van der Waals surface area contributed by atoms with Crippen LogP contribution in [0.4, 0.5) is 0 Å². The Bertz CT molecular complexity index is 497. The number of likely N-dealkylation sites (tertiary alicyclic amines) is 1. The van der Waals surface area contributed by atoms with Gasteiger partial charge in [-0.25, -0.2) is 0 Å². The average Bonchev–Trinajstić information content (AvgIpc) is 2.76. The Morgan fingerprint density at radius 1 is 1.19 bits per heavy atom. The highest BCUT2D eigenvalue weighted by atomic mass is 16.2. The van der Waals surface area contributed by atoms with Gasteiger partial charge in [-0.2, -0.15) is 0 Å². The molecule has 0 radical (unpaired) electrons. The van der Waals surface area contributed by atoms with Crippen molar-refractivity contribution in [1.82, 2.24) is 9.80 Å². The molecule has 21 heavy (non-hydrogen) atoms. The summed E-state index contributed by atoms with van der Waals surface area (Å²) in [5.74, 6) is 0.311. The first kappa shape index (κ1) is 14.3. The first-order chi connectivity index (χ1) is 10.3. The van der Waals surface area contributed by atoms with Gasteiger partial charge >= 0.3 is 0 Å². The van der Waals surface area contributed by atoms with Gasteiger partial charge < -0.3 is 4.90 Å². The molecule has 2 atom stereocenters. The van der Waals surface area contributed by atoms with Gasteiger partial charge in [0, 0.05) is 38.1 Å². The van der Waals surface area contributed by atoms with Crippen LogP contribution in [0.25, 0.3) is 6.08 Å². The van der Waals surface area contributed by atoms with Gasteiger partial charge in [0.1, 0.15) is 0 Å². The van der Waals surface area contributed by atoms with Gasteiger partial charge in [0.05, 0.1) is 0 Å². The van der Waals surface area contributed by atoms with Crippen molar-refractivity contribution in [2.24, 2.45) is 0 Å². The third-order valence-corrected chi connectivity index (χ3v) is 4.71. The minimum atomic E-state index is 0.311. The first-order valence-electron chi connectivity index (χ1n) is 8.03. The lowest BCUT2D eigenvalue weighted by Gasteiger charge is -2.40. The third kappa shape index (κ3) is 3.18. The second-order valence-corrected chi connectivity index (χ2v) is 6.05. The normalized spacial score (nSPS) is 25.7. The highest BCUT2D eigenvalue weighted by Crippen LogP contribution is 2.30. The van der Waals surface area contributed by atoms with Crippen LogP contribution in [0.3, 0.4) is 0 Å². The summed E-state index contributed by atoms with van der Waals surface area (Å²) in [7, 11) is 0. The lowest BCUT2D eigenvalue weighted by atomic mass is 10.1. The zero-order valence-corrected chi connectivity index (χ0v) is 12.7. The lowest BCUT2D eigenvalue weighted by Crippen LogP contribution is -2.55. The number of hydrogen-bond donors (Lipinski definition) is 0. The summed E-state index contributed by atoms with van der Waals surface area (Å²) in [6.07, 6.45) is 7.56. The molecule has 112 valence electrons. The Balaban J connectivity index is 1.58. The summed E-state index contributed by atoms with van der Waals surface area (Å²) in [4.78, 5) is 16.5. The second-order valence-electron chi connectivity index (χ2n) is 6.05. The maximum Gasteiger partial charge on any atom is 0.222 e. The number of amides is 1. The van der Waals surface area contributed by atoms with Gasteiger partial charge in [-0.3, -0.25) is 9.69 Å². The van der Waals surface area contributed by atoms with Gasteiger partial charge in [0.15, 0.2) is 0 Å². The van der Waals surface area contributed by atoms with Crippen LogP contribution in [0.15, 0.2) is 36.4 Å². The molecular formula is C18H24N2O. The number of hydrogen-bond acceptors (Lipinski definition) is 2. The van der Waals surface area contributed by atoms with Crippen LogP contribution < -0.4 is 0 Å². The monoisotopic (exact) mass is 284 g/mol. The molecule has 2 heterocycles. The molecule has 1 aromatic rings. The van der Waals surface area contributed by atoms with Gasteiger partial charge in [-0.1, -0.05) is 49.4 Å². The summed E-state index contributed by atoms with van der Waals surface area (Å²) in [6, 6.07) is 11.5. The van der Waals surface area contributed by atoms with Crippen LogP contribution in [-0.4, -0.2) is 47.4 Å². The van der Waals surface area contributed by atoms with E-state index in [2.05, 4.69) is 46.2 Å². The van der Waals surface area contributed by atoms with Gasteiger partial charge in [0.2, 0.25) is 5.91 Å². The van der Waals surface area contributed by atoms with Crippen molar-refractivity contribution in [2.75, 3.05) is 19.6 Å². The SMILES string of the molecule is CCC(=O)N1C[C@H]2CC[C@@H](C1)N2C/C=C/c1ccccc1. The van der Waals surface area contributed by atoms with Gasteiger partial charge in [-0.05, 0) is 18.4 Å². The quantitative estimate of drug-likeness (QED) is 0.849. The maximum atomic E-state index is 11.9. The topological polar surface area (TPSA) is 23.6 Å². The van der Waals surface area contributed by atoms with E-state index in [9.17, 15) is 4.79 Å². The van der Waals surface area contributed by atoms with Crippen molar-refractivity contribution in [3.63, 3.8) is 0 Å². The second kappa shape index (κ2) is 6.44. The van der Waals surface area contributed by atoms with E-state index in [-0.39, 0.29) is 0 Å². The number of benzene rings is 1. The van der Waals surface area contributed by atoms with Crippen molar-refractivity contribution < 1.29 is 4.79 Å². The number of fused-ring (bicyclic) bond motifs is 2. The molecule has 1 aromatic carbocycles. The number of carbonyl (C=O) groups is 1. The van der Waals surface area contributed by atoms with E-state index in [1.807, 2.05) is 13.0 Å². The molecule has 1 amide bonds. The largest absolute Gasteiger partial charge is 0.340 e. The molecule has 2 aliphatic rings. The molecule has 0 spiro atoms. The van der Waals surface area contributed by atoms with E-state index >= 15 is 0 Å². The van der Waals surface area contributed by atoms with E-state index in [0.29, 0.717) is 24.4 Å². The fourth-order valence-electron chi connectivity index (χ4n) is 3.59. The van der Waals surface area contributed by atoms with Crippen LogP contribution in [0.1, 0.15) is 31.7 Å². The number of nitrogens with zero attached hydrogens (tertiary/aromatic N) is 2. The molecule has 0 saturated carbocycles. The van der Waals surface area contributed by atoms with Crippen molar-refractivity contribution in [3.05, 3.63) is 42.0 Å². The zero-order valence-electron chi connectivity index (χ0n) is 12.7. The minimum absolute atomic E-state index is 0.311. The molecule has 0 unspecified atom stereocenters. The smallest absolute Gasteiger partial charge is 0.222 e. The predicted molar refractivity (Wildman–Crippen MR) is 85.9 cm³/mol. The summed E-state index contributed by atoms with van der Waals surface area (Å²) in [5.41, 5.74) is 1.25. The Morgan fingerprint density at radius 3 is 2.48 bits per heavy atom. The van der Waals surface area contributed by atoms with Crippen LogP contribution in [0.2, 0.25) is 0 Å². The van der Waals surface area contributed by atoms with Gasteiger partial charge in [0.25, 0.3) is 0 Å². The highest BCUT2D eigenvalue weighted by molar-refractivity contribution is 5.76. The average molecular weight is 284 g/mol. The van der Waals surface area contributed by atoms with Crippen molar-refractivity contribution in [3.8, 4) is 0 Å². The van der Waals surface area contributed by atoms with E-state index in [1.165, 1.54) is 18.4 Å². The van der Waals surface area contributed by atoms with Crippen LogP contribution in [0.5, 0.6) is 0 Å². The molecule has 0 aromatic heterocycles. The minimum Gasteiger partial charge on any atom is -0.340 e. The summed E-state index contributed by atoms with van der Waals surface area (Å²) >= 11 is 0. The molecule has 2 fully saturated rings. The Morgan fingerprint density at radius 2 is 1.86 bits per heavy atom. The van der Waals surface area contributed by atoms with Crippen molar-refractivity contribution >= 4 is 12.0 Å². The number of piperazine rings is 1. The maximum absolute atomic E-state index is 11.9. The fourth-order valence-corrected chi connectivity index (χ4v) is 3.59. The summed E-state index contributed by atoms with van der Waals surface area (Å²) < 4.78 is 0. The Hall–Kier alpha value is -1.61. The molecule has 2 aliphatic heterocycles. The Kier molecular flexibility index (Phi) is 4.39. The molecule has 0 aliphatic carbocycles. The van der Waals surface area contributed by atoms with Gasteiger partial charge in [-0.15, -0.1) is 0 Å². The van der Waals surface area contributed by atoms with Crippen molar-refractivity contribution in [1.29, 1.82) is 0 Å². The summed E-state index contributed by atoms with van der Waals surface area (Å²) in [5, 5.41) is 0. The fraction of sp³-hybridized carbons (Fsp3) is 0.500. The highest BCUT2D eigenvalue weighted by Gasteiger charge is 2.40. The molecule has 0 N–H and O–H groups in total. The Labute approximate surface area is 127 Å². The number of rotatable bonds is 4. The molecular weight excluding hydrogens is 260 g/mol. The van der Waals surface area contributed by atoms with E-state index in [0.717, 1.165) is 19.6 Å². The molecule has 3 nitrogen and oxygen atoms in total. The van der Waals surface area contributed by atoms with E-state index < -0.39 is 0 Å². The van der Waals surface area contributed by atoms with Crippen LogP contribution >= 0.6 is 0 Å². The van der Waals surface area contributed by atoms with Crippen LogP contribution in [-0.2, 0) is 4.79 Å². The van der Waals surface area contributed by atoms with Crippen molar-refractivity contribution in [2.45, 2.75) is 38.3 Å². The molecule has 3 heteroatoms. The predicted octanol–water partition coefficient (Wildman–Crippen LogP) is 2.79. The third-order valence-electron chi connectivity index (χ3n) is 4.71. The lowest BCUT2D eigenvalue weighted by molar-refractivity contribution is -0.134. The van der Waals surface area contributed by atoms with E-state index in [4.69, 9.17) is 0 Å². The van der Waals surface area contributed by atoms with E-state index in [1.54, 1.807) is 0 Å². The first-order valence-corrected chi connectivity index (χ1v) is 8.03. The van der Waals surface area contributed by atoms with Crippen LogP contribution in [0, 0.1) is 0 Å². The molecule has 3 rings (SSSR count). The summed E-state index contributed by atoms with van der Waals surface area (Å²) in [6.45, 7) is 4.79. The number of carbonyl (C=O) groups excluding carboxylic acids is 1. The molecule has 2 saturated heterocycles.